The van der Waals surface area contributed by atoms with Crippen molar-refractivity contribution in [1.82, 2.24) is 9.97 Å². The van der Waals surface area contributed by atoms with Gasteiger partial charge in [0, 0.05) is 13.1 Å². The maximum absolute atomic E-state index is 6.04. The molecule has 110 valence electrons. The zero-order chi connectivity index (χ0) is 14.7. The average molecular weight is 367 g/mol. The maximum Gasteiger partial charge on any atom is 0.148 e. The standard InChI is InChI=1S/C16H17BrClN3/c17-14-15(18)19-11-20-16(14)21-8-6-13(7-9-21)10-12-4-2-1-3-5-12/h1-5,11,13H,6-10H2. The highest BCUT2D eigenvalue weighted by Gasteiger charge is 2.22. The van der Waals surface area contributed by atoms with Crippen molar-refractivity contribution in [3.05, 3.63) is 51.8 Å². The van der Waals surface area contributed by atoms with Crippen LogP contribution in [-0.4, -0.2) is 23.1 Å². The molecule has 0 atom stereocenters. The van der Waals surface area contributed by atoms with Crippen LogP contribution in [0.3, 0.4) is 0 Å². The van der Waals surface area contributed by atoms with Crippen molar-refractivity contribution < 1.29 is 0 Å². The first-order chi connectivity index (χ1) is 10.2. The van der Waals surface area contributed by atoms with Crippen LogP contribution in [0.4, 0.5) is 5.82 Å². The number of anilines is 1. The Morgan fingerprint density at radius 2 is 1.86 bits per heavy atom. The first-order valence-electron chi connectivity index (χ1n) is 7.19. The van der Waals surface area contributed by atoms with E-state index >= 15 is 0 Å². The zero-order valence-electron chi connectivity index (χ0n) is 11.7. The van der Waals surface area contributed by atoms with Crippen LogP contribution in [0.25, 0.3) is 0 Å². The molecule has 0 amide bonds. The van der Waals surface area contributed by atoms with Crippen LogP contribution in [-0.2, 0) is 6.42 Å². The van der Waals surface area contributed by atoms with Gasteiger partial charge in [0.1, 0.15) is 17.3 Å². The number of piperidine rings is 1. The molecule has 0 spiro atoms. The second-order valence-corrected chi connectivity index (χ2v) is 6.57. The van der Waals surface area contributed by atoms with Crippen LogP contribution in [0.1, 0.15) is 18.4 Å². The maximum atomic E-state index is 6.04. The topological polar surface area (TPSA) is 29.0 Å². The molecule has 2 heterocycles. The molecule has 1 aromatic heterocycles. The van der Waals surface area contributed by atoms with Gasteiger partial charge in [-0.1, -0.05) is 41.9 Å². The lowest BCUT2D eigenvalue weighted by Crippen LogP contribution is -2.35. The third kappa shape index (κ3) is 3.55. The van der Waals surface area contributed by atoms with Crippen LogP contribution in [0.5, 0.6) is 0 Å². The molecule has 5 heteroatoms. The van der Waals surface area contributed by atoms with Crippen LogP contribution >= 0.6 is 27.5 Å². The molecule has 1 fully saturated rings. The molecular formula is C16H17BrClN3. The second kappa shape index (κ2) is 6.75. The predicted octanol–water partition coefficient (Wildman–Crippen LogP) is 4.35. The summed E-state index contributed by atoms with van der Waals surface area (Å²) in [4.78, 5) is 10.6. The molecule has 0 bridgehead atoms. The highest BCUT2D eigenvalue weighted by Crippen LogP contribution is 2.32. The Morgan fingerprint density at radius 3 is 2.57 bits per heavy atom. The lowest BCUT2D eigenvalue weighted by molar-refractivity contribution is 0.402. The summed E-state index contributed by atoms with van der Waals surface area (Å²) in [5.74, 6) is 1.66. The number of hydrogen-bond acceptors (Lipinski definition) is 3. The predicted molar refractivity (Wildman–Crippen MR) is 89.8 cm³/mol. The van der Waals surface area contributed by atoms with Gasteiger partial charge in [0.05, 0.1) is 4.47 Å². The molecule has 21 heavy (non-hydrogen) atoms. The summed E-state index contributed by atoms with van der Waals surface area (Å²) in [6.45, 7) is 2.03. The van der Waals surface area contributed by atoms with E-state index in [2.05, 4.69) is 61.1 Å². The number of benzene rings is 1. The summed E-state index contributed by atoms with van der Waals surface area (Å²) in [6.07, 6.45) is 5.06. The molecule has 1 aliphatic rings. The number of aromatic nitrogens is 2. The molecule has 0 unspecified atom stereocenters. The van der Waals surface area contributed by atoms with Crippen LogP contribution in [0.2, 0.25) is 5.15 Å². The minimum absolute atomic E-state index is 0.478. The Labute approximate surface area is 138 Å². The van der Waals surface area contributed by atoms with Crippen molar-refractivity contribution in [2.75, 3.05) is 18.0 Å². The van der Waals surface area contributed by atoms with Crippen molar-refractivity contribution in [2.45, 2.75) is 19.3 Å². The molecular weight excluding hydrogens is 350 g/mol. The molecule has 1 aromatic carbocycles. The van der Waals surface area contributed by atoms with Crippen molar-refractivity contribution in [3.63, 3.8) is 0 Å². The second-order valence-electron chi connectivity index (χ2n) is 5.42. The van der Waals surface area contributed by atoms with E-state index < -0.39 is 0 Å². The van der Waals surface area contributed by atoms with Crippen LogP contribution < -0.4 is 4.90 Å². The van der Waals surface area contributed by atoms with E-state index in [1.807, 2.05) is 0 Å². The number of rotatable bonds is 3. The van der Waals surface area contributed by atoms with Crippen molar-refractivity contribution in [2.24, 2.45) is 5.92 Å². The van der Waals surface area contributed by atoms with E-state index in [1.165, 1.54) is 31.2 Å². The van der Waals surface area contributed by atoms with Gasteiger partial charge in [-0.05, 0) is 46.7 Å². The summed E-state index contributed by atoms with van der Waals surface area (Å²) < 4.78 is 0.799. The largest absolute Gasteiger partial charge is 0.356 e. The number of halogens is 2. The monoisotopic (exact) mass is 365 g/mol. The lowest BCUT2D eigenvalue weighted by Gasteiger charge is -2.33. The van der Waals surface area contributed by atoms with E-state index in [0.29, 0.717) is 5.15 Å². The van der Waals surface area contributed by atoms with Gasteiger partial charge in [0.2, 0.25) is 0 Å². The van der Waals surface area contributed by atoms with Crippen molar-refractivity contribution in [1.29, 1.82) is 0 Å². The Kier molecular flexibility index (Phi) is 4.76. The molecule has 3 nitrogen and oxygen atoms in total. The van der Waals surface area contributed by atoms with E-state index in [4.69, 9.17) is 11.6 Å². The third-order valence-electron chi connectivity index (χ3n) is 4.01. The smallest absolute Gasteiger partial charge is 0.148 e. The molecule has 0 N–H and O–H groups in total. The third-order valence-corrected chi connectivity index (χ3v) is 5.25. The molecule has 1 aliphatic heterocycles. The van der Waals surface area contributed by atoms with Crippen LogP contribution in [0, 0.1) is 5.92 Å². The minimum Gasteiger partial charge on any atom is -0.356 e. The quantitative estimate of drug-likeness (QED) is 0.756. The molecule has 0 radical (unpaired) electrons. The Balaban J connectivity index is 1.61. The van der Waals surface area contributed by atoms with Crippen molar-refractivity contribution >= 4 is 33.3 Å². The minimum atomic E-state index is 0.478. The van der Waals surface area contributed by atoms with Gasteiger partial charge in [-0.25, -0.2) is 9.97 Å². The number of nitrogens with zero attached hydrogens (tertiary/aromatic N) is 3. The first kappa shape index (κ1) is 14.8. The van der Waals surface area contributed by atoms with Gasteiger partial charge < -0.3 is 4.90 Å². The van der Waals surface area contributed by atoms with Crippen molar-refractivity contribution in [3.8, 4) is 0 Å². The zero-order valence-corrected chi connectivity index (χ0v) is 14.0. The van der Waals surface area contributed by atoms with Gasteiger partial charge in [-0.3, -0.25) is 0 Å². The molecule has 1 saturated heterocycles. The van der Waals surface area contributed by atoms with Gasteiger partial charge >= 0.3 is 0 Å². The van der Waals surface area contributed by atoms with Gasteiger partial charge in [-0.2, -0.15) is 0 Å². The van der Waals surface area contributed by atoms with Gasteiger partial charge in [-0.15, -0.1) is 0 Å². The van der Waals surface area contributed by atoms with E-state index in [-0.39, 0.29) is 0 Å². The first-order valence-corrected chi connectivity index (χ1v) is 8.36. The van der Waals surface area contributed by atoms with Crippen LogP contribution in [0.15, 0.2) is 41.1 Å². The highest BCUT2D eigenvalue weighted by molar-refractivity contribution is 9.10. The Morgan fingerprint density at radius 1 is 1.14 bits per heavy atom. The van der Waals surface area contributed by atoms with Gasteiger partial charge in [0.15, 0.2) is 0 Å². The van der Waals surface area contributed by atoms with Gasteiger partial charge in [0.25, 0.3) is 0 Å². The fraction of sp³-hybridized carbons (Fsp3) is 0.375. The average Bonchev–Trinajstić information content (AvgIpc) is 2.52. The fourth-order valence-electron chi connectivity index (χ4n) is 2.86. The molecule has 2 aromatic rings. The summed E-state index contributed by atoms with van der Waals surface area (Å²) in [5, 5.41) is 0.478. The number of hydrogen-bond donors (Lipinski definition) is 0. The normalized spacial score (nSPS) is 16.2. The SMILES string of the molecule is Clc1ncnc(N2CCC(Cc3ccccc3)CC2)c1Br. The Bertz CT molecular complexity index is 598. The molecule has 0 saturated carbocycles. The fourth-order valence-corrected chi connectivity index (χ4v) is 3.44. The van der Waals surface area contributed by atoms with E-state index in [9.17, 15) is 0 Å². The lowest BCUT2D eigenvalue weighted by atomic mass is 9.90. The summed E-state index contributed by atoms with van der Waals surface area (Å²) in [7, 11) is 0. The van der Waals surface area contributed by atoms with E-state index in [0.717, 1.165) is 29.3 Å². The summed E-state index contributed by atoms with van der Waals surface area (Å²) in [5.41, 5.74) is 1.43. The molecule has 0 aliphatic carbocycles. The summed E-state index contributed by atoms with van der Waals surface area (Å²) in [6, 6.07) is 10.7. The van der Waals surface area contributed by atoms with E-state index in [1.54, 1.807) is 0 Å². The summed E-state index contributed by atoms with van der Waals surface area (Å²) >= 11 is 9.53. The highest BCUT2D eigenvalue weighted by atomic mass is 79.9. The Hall–Kier alpha value is -1.13. The molecule has 3 rings (SSSR count).